The number of aliphatic hydroxyl groups is 1. The molecule has 2 aromatic rings. The first kappa shape index (κ1) is 16.2. The second-order valence-electron chi connectivity index (χ2n) is 6.92. The number of hydrogen-bond acceptors (Lipinski definition) is 6. The minimum Gasteiger partial charge on any atom is -0.391 e. The standard InChI is InChI=1S/C18H26N4OS/c1-2-9-22(13-5-3-4-6-14(13)23)17-16-12-7-8-19-10-15(12)24-18(16)21-11-20-17/h11,13-14,19,23H,2-10H2,1H3. The average Bonchev–Trinajstić information content (AvgIpc) is 2.99. The van der Waals surface area contributed by atoms with Gasteiger partial charge in [-0.25, -0.2) is 9.97 Å². The molecule has 2 unspecified atom stereocenters. The van der Waals surface area contributed by atoms with E-state index in [0.717, 1.165) is 62.4 Å². The summed E-state index contributed by atoms with van der Waals surface area (Å²) in [5, 5.41) is 15.3. The Morgan fingerprint density at radius 2 is 2.21 bits per heavy atom. The van der Waals surface area contributed by atoms with Gasteiger partial charge in [0.15, 0.2) is 0 Å². The summed E-state index contributed by atoms with van der Waals surface area (Å²) in [6.07, 6.45) is 7.85. The Hall–Kier alpha value is -1.24. The topological polar surface area (TPSA) is 61.3 Å². The lowest BCUT2D eigenvalue weighted by molar-refractivity contribution is 0.104. The van der Waals surface area contributed by atoms with Crippen LogP contribution in [0.3, 0.4) is 0 Å². The van der Waals surface area contributed by atoms with Crippen molar-refractivity contribution >= 4 is 27.4 Å². The van der Waals surface area contributed by atoms with Crippen molar-refractivity contribution in [2.75, 3.05) is 18.0 Å². The summed E-state index contributed by atoms with van der Waals surface area (Å²) < 4.78 is 0. The zero-order chi connectivity index (χ0) is 16.5. The summed E-state index contributed by atoms with van der Waals surface area (Å²) in [7, 11) is 0. The van der Waals surface area contributed by atoms with Crippen LogP contribution in [0.15, 0.2) is 6.33 Å². The van der Waals surface area contributed by atoms with Gasteiger partial charge in [-0.05, 0) is 37.8 Å². The van der Waals surface area contributed by atoms with Crippen molar-refractivity contribution in [1.29, 1.82) is 0 Å². The van der Waals surface area contributed by atoms with E-state index in [1.54, 1.807) is 17.7 Å². The maximum absolute atomic E-state index is 10.6. The molecule has 2 aliphatic rings. The van der Waals surface area contributed by atoms with Crippen LogP contribution in [0.1, 0.15) is 49.5 Å². The van der Waals surface area contributed by atoms with Gasteiger partial charge in [0.2, 0.25) is 0 Å². The molecular weight excluding hydrogens is 320 g/mol. The lowest BCUT2D eigenvalue weighted by Crippen LogP contribution is -2.46. The molecule has 0 amide bonds. The highest BCUT2D eigenvalue weighted by atomic mass is 32.1. The predicted molar refractivity (Wildman–Crippen MR) is 98.7 cm³/mol. The van der Waals surface area contributed by atoms with E-state index in [1.165, 1.54) is 22.2 Å². The number of nitrogens with zero attached hydrogens (tertiary/aromatic N) is 3. The van der Waals surface area contributed by atoms with Crippen molar-refractivity contribution in [2.45, 2.75) is 64.1 Å². The molecular formula is C18H26N4OS. The SMILES string of the molecule is CCCN(c1ncnc2sc3c(c12)CCNC3)C1CCCCC1O. The van der Waals surface area contributed by atoms with Crippen molar-refractivity contribution in [1.82, 2.24) is 15.3 Å². The molecule has 2 atom stereocenters. The summed E-state index contributed by atoms with van der Waals surface area (Å²) in [5.41, 5.74) is 1.43. The average molecular weight is 347 g/mol. The van der Waals surface area contributed by atoms with Crippen LogP contribution in [0.4, 0.5) is 5.82 Å². The quantitative estimate of drug-likeness (QED) is 0.891. The third kappa shape index (κ3) is 2.80. The molecule has 1 fully saturated rings. The summed E-state index contributed by atoms with van der Waals surface area (Å²) in [6.45, 7) is 5.10. The highest BCUT2D eigenvalue weighted by Gasteiger charge is 2.31. The molecule has 6 heteroatoms. The summed E-state index contributed by atoms with van der Waals surface area (Å²) in [6, 6.07) is 0.189. The van der Waals surface area contributed by atoms with Gasteiger partial charge in [0.25, 0.3) is 0 Å². The van der Waals surface area contributed by atoms with Crippen molar-refractivity contribution in [2.24, 2.45) is 0 Å². The Kier molecular flexibility index (Phi) is 4.70. The highest BCUT2D eigenvalue weighted by molar-refractivity contribution is 7.19. The molecule has 4 rings (SSSR count). The summed E-state index contributed by atoms with van der Waals surface area (Å²) in [5.74, 6) is 1.05. The number of anilines is 1. The normalized spacial score (nSPS) is 24.1. The van der Waals surface area contributed by atoms with E-state index in [-0.39, 0.29) is 12.1 Å². The molecule has 1 saturated carbocycles. The van der Waals surface area contributed by atoms with E-state index in [9.17, 15) is 5.11 Å². The second-order valence-corrected chi connectivity index (χ2v) is 8.00. The maximum Gasteiger partial charge on any atom is 0.141 e. The lowest BCUT2D eigenvalue weighted by Gasteiger charge is -2.38. The molecule has 5 nitrogen and oxygen atoms in total. The first-order valence-corrected chi connectivity index (χ1v) is 10.0. The number of fused-ring (bicyclic) bond motifs is 3. The molecule has 24 heavy (non-hydrogen) atoms. The molecule has 1 aliphatic heterocycles. The minimum atomic E-state index is -0.244. The Balaban J connectivity index is 1.81. The van der Waals surface area contributed by atoms with Gasteiger partial charge in [-0.15, -0.1) is 11.3 Å². The Morgan fingerprint density at radius 3 is 3.04 bits per heavy atom. The fraction of sp³-hybridized carbons (Fsp3) is 0.667. The van der Waals surface area contributed by atoms with Gasteiger partial charge in [-0.3, -0.25) is 0 Å². The molecule has 1 aliphatic carbocycles. The first-order valence-electron chi connectivity index (χ1n) is 9.20. The van der Waals surface area contributed by atoms with Crippen molar-refractivity contribution in [3.05, 3.63) is 16.8 Å². The number of hydrogen-bond donors (Lipinski definition) is 2. The largest absolute Gasteiger partial charge is 0.391 e. The monoisotopic (exact) mass is 346 g/mol. The van der Waals surface area contributed by atoms with Gasteiger partial charge >= 0.3 is 0 Å². The van der Waals surface area contributed by atoms with Gasteiger partial charge < -0.3 is 15.3 Å². The fourth-order valence-electron chi connectivity index (χ4n) is 4.19. The van der Waals surface area contributed by atoms with E-state index in [1.807, 2.05) is 0 Å². The van der Waals surface area contributed by atoms with Gasteiger partial charge in [-0.1, -0.05) is 19.8 Å². The summed E-state index contributed by atoms with van der Waals surface area (Å²) in [4.78, 5) is 14.1. The molecule has 0 bridgehead atoms. The predicted octanol–water partition coefficient (Wildman–Crippen LogP) is 2.86. The van der Waals surface area contributed by atoms with Crippen LogP contribution in [0.2, 0.25) is 0 Å². The molecule has 0 saturated heterocycles. The van der Waals surface area contributed by atoms with Gasteiger partial charge in [0.1, 0.15) is 17.0 Å². The zero-order valence-corrected chi connectivity index (χ0v) is 15.1. The Labute approximate surface area is 147 Å². The second kappa shape index (κ2) is 6.94. The van der Waals surface area contributed by atoms with Crippen LogP contribution >= 0.6 is 11.3 Å². The van der Waals surface area contributed by atoms with E-state index < -0.39 is 0 Å². The van der Waals surface area contributed by atoms with E-state index in [4.69, 9.17) is 4.98 Å². The Bertz CT molecular complexity index is 716. The molecule has 130 valence electrons. The van der Waals surface area contributed by atoms with Crippen molar-refractivity contribution in [3.8, 4) is 0 Å². The van der Waals surface area contributed by atoms with Crippen LogP contribution in [0, 0.1) is 0 Å². The van der Waals surface area contributed by atoms with Crippen LogP contribution in [-0.2, 0) is 13.0 Å². The number of aliphatic hydroxyl groups excluding tert-OH is 1. The smallest absolute Gasteiger partial charge is 0.141 e. The highest BCUT2D eigenvalue weighted by Crippen LogP contribution is 2.38. The van der Waals surface area contributed by atoms with Gasteiger partial charge in [0.05, 0.1) is 17.5 Å². The van der Waals surface area contributed by atoms with E-state index in [0.29, 0.717) is 0 Å². The van der Waals surface area contributed by atoms with Crippen LogP contribution < -0.4 is 10.2 Å². The van der Waals surface area contributed by atoms with Crippen LogP contribution in [-0.4, -0.2) is 40.3 Å². The van der Waals surface area contributed by atoms with Crippen molar-refractivity contribution in [3.63, 3.8) is 0 Å². The van der Waals surface area contributed by atoms with Crippen LogP contribution in [0.25, 0.3) is 10.2 Å². The summed E-state index contributed by atoms with van der Waals surface area (Å²) >= 11 is 1.79. The van der Waals surface area contributed by atoms with E-state index >= 15 is 0 Å². The third-order valence-corrected chi connectivity index (χ3v) is 6.46. The lowest BCUT2D eigenvalue weighted by atomic mass is 9.91. The molecule has 0 spiro atoms. The zero-order valence-electron chi connectivity index (χ0n) is 14.3. The molecule has 0 radical (unpaired) electrons. The number of nitrogens with one attached hydrogen (secondary N) is 1. The van der Waals surface area contributed by atoms with Gasteiger partial charge in [-0.2, -0.15) is 0 Å². The van der Waals surface area contributed by atoms with Gasteiger partial charge in [0, 0.05) is 18.0 Å². The van der Waals surface area contributed by atoms with E-state index in [2.05, 4.69) is 22.1 Å². The number of thiophene rings is 1. The van der Waals surface area contributed by atoms with Crippen molar-refractivity contribution < 1.29 is 5.11 Å². The molecule has 2 aromatic heterocycles. The molecule has 3 heterocycles. The molecule has 0 aromatic carbocycles. The Morgan fingerprint density at radius 1 is 1.33 bits per heavy atom. The fourth-order valence-corrected chi connectivity index (χ4v) is 5.34. The number of rotatable bonds is 4. The van der Waals surface area contributed by atoms with Crippen LogP contribution in [0.5, 0.6) is 0 Å². The third-order valence-electron chi connectivity index (χ3n) is 5.32. The minimum absolute atomic E-state index is 0.189. The number of aromatic nitrogens is 2. The molecule has 2 N–H and O–H groups in total. The maximum atomic E-state index is 10.6. The first-order chi connectivity index (χ1) is 11.8.